The molecule has 1 rings (SSSR count). The molecule has 0 aliphatic heterocycles. The Morgan fingerprint density at radius 3 is 2.62 bits per heavy atom. The van der Waals surface area contributed by atoms with E-state index in [2.05, 4.69) is 0 Å². The summed E-state index contributed by atoms with van der Waals surface area (Å²) >= 11 is 0. The maximum absolute atomic E-state index is 13.6. The Bertz CT molecular complexity index is 550. The average Bonchev–Trinajstić information content (AvgIpc) is 2.44. The van der Waals surface area contributed by atoms with Crippen molar-refractivity contribution in [2.75, 3.05) is 25.1 Å². The lowest BCUT2D eigenvalue weighted by molar-refractivity contribution is -0.384. The van der Waals surface area contributed by atoms with Gasteiger partial charge in [-0.3, -0.25) is 14.9 Å². The second-order valence-electron chi connectivity index (χ2n) is 4.51. The molecule has 0 saturated heterocycles. The number of nitrogens with zero attached hydrogens (tertiary/aromatic N) is 2. The van der Waals surface area contributed by atoms with E-state index >= 15 is 0 Å². The molecule has 0 aromatic heterocycles. The number of aliphatic carboxylic acids is 1. The lowest BCUT2D eigenvalue weighted by Gasteiger charge is -2.25. The summed E-state index contributed by atoms with van der Waals surface area (Å²) in [6, 6.07) is 1.99. The molecule has 1 unspecified atom stereocenters. The molecule has 7 nitrogen and oxygen atoms in total. The molecule has 116 valence electrons. The van der Waals surface area contributed by atoms with Gasteiger partial charge >= 0.3 is 5.97 Å². The number of halogens is 1. The van der Waals surface area contributed by atoms with Crippen LogP contribution in [0.1, 0.15) is 13.8 Å². The summed E-state index contributed by atoms with van der Waals surface area (Å²) in [7, 11) is 1.25. The van der Waals surface area contributed by atoms with Gasteiger partial charge in [-0.25, -0.2) is 4.39 Å². The zero-order valence-corrected chi connectivity index (χ0v) is 12.0. The van der Waals surface area contributed by atoms with E-state index in [1.54, 1.807) is 6.92 Å². The third kappa shape index (κ3) is 3.80. The molecule has 0 aliphatic rings. The van der Waals surface area contributed by atoms with Crippen LogP contribution >= 0.6 is 0 Å². The molecule has 0 aliphatic carbocycles. The number of hydrogen-bond acceptors (Lipinski definition) is 5. The molecule has 8 heteroatoms. The fourth-order valence-corrected chi connectivity index (χ4v) is 1.89. The number of benzene rings is 1. The third-order valence-electron chi connectivity index (χ3n) is 3.08. The van der Waals surface area contributed by atoms with Crippen LogP contribution in [0, 0.1) is 21.8 Å². The second kappa shape index (κ2) is 6.87. The first-order valence-corrected chi connectivity index (χ1v) is 6.31. The number of carboxylic acids is 1. The van der Waals surface area contributed by atoms with Gasteiger partial charge in [0, 0.05) is 19.2 Å². The van der Waals surface area contributed by atoms with Crippen LogP contribution in [0.2, 0.25) is 0 Å². The molecule has 0 bridgehead atoms. The van der Waals surface area contributed by atoms with E-state index in [9.17, 15) is 19.3 Å². The minimum atomic E-state index is -1.01. The van der Waals surface area contributed by atoms with Gasteiger partial charge in [0.05, 0.1) is 24.0 Å². The van der Waals surface area contributed by atoms with Crippen molar-refractivity contribution < 1.29 is 24.0 Å². The Morgan fingerprint density at radius 1 is 1.57 bits per heavy atom. The summed E-state index contributed by atoms with van der Waals surface area (Å²) < 4.78 is 18.4. The minimum Gasteiger partial charge on any atom is -0.494 e. The zero-order valence-electron chi connectivity index (χ0n) is 12.0. The van der Waals surface area contributed by atoms with Crippen LogP contribution in [-0.2, 0) is 4.79 Å². The molecular formula is C13H17FN2O5. The van der Waals surface area contributed by atoms with E-state index in [-0.39, 0.29) is 18.0 Å². The Kier molecular flexibility index (Phi) is 5.45. The largest absolute Gasteiger partial charge is 0.494 e. The molecular weight excluding hydrogens is 283 g/mol. The zero-order chi connectivity index (χ0) is 16.2. The van der Waals surface area contributed by atoms with Crippen molar-refractivity contribution in [1.82, 2.24) is 0 Å². The first-order chi connectivity index (χ1) is 9.81. The van der Waals surface area contributed by atoms with Crippen molar-refractivity contribution in [1.29, 1.82) is 0 Å². The van der Waals surface area contributed by atoms with Crippen LogP contribution in [0.3, 0.4) is 0 Å². The first-order valence-electron chi connectivity index (χ1n) is 6.31. The predicted octanol–water partition coefficient (Wildman–Crippen LogP) is 2.29. The van der Waals surface area contributed by atoms with Crippen molar-refractivity contribution in [2.45, 2.75) is 13.8 Å². The quantitative estimate of drug-likeness (QED) is 0.613. The van der Waals surface area contributed by atoms with Crippen LogP contribution in [-0.4, -0.2) is 36.2 Å². The summed E-state index contributed by atoms with van der Waals surface area (Å²) in [5, 5.41) is 20.0. The highest BCUT2D eigenvalue weighted by Gasteiger charge is 2.25. The number of hydrogen-bond donors (Lipinski definition) is 1. The van der Waals surface area contributed by atoms with Gasteiger partial charge in [-0.2, -0.15) is 0 Å². The van der Waals surface area contributed by atoms with Gasteiger partial charge in [0.25, 0.3) is 5.69 Å². The van der Waals surface area contributed by atoms with Crippen molar-refractivity contribution in [3.8, 4) is 5.75 Å². The standard InChI is InChI=1S/C13H17FN2O5/c1-4-15(7-8(2)13(17)18)10-6-12(21-3)9(14)5-11(10)16(19)20/h5-6,8H,4,7H2,1-3H3,(H,17,18). The van der Waals surface area contributed by atoms with Gasteiger partial charge in [0.1, 0.15) is 5.69 Å². The lowest BCUT2D eigenvalue weighted by Crippen LogP contribution is -2.32. The van der Waals surface area contributed by atoms with E-state index in [4.69, 9.17) is 9.84 Å². The second-order valence-corrected chi connectivity index (χ2v) is 4.51. The van der Waals surface area contributed by atoms with Crippen LogP contribution in [0.25, 0.3) is 0 Å². The predicted molar refractivity (Wildman–Crippen MR) is 74.3 cm³/mol. The topological polar surface area (TPSA) is 92.9 Å². The van der Waals surface area contributed by atoms with Crippen molar-refractivity contribution in [2.24, 2.45) is 5.92 Å². The monoisotopic (exact) mass is 300 g/mol. The molecule has 1 aromatic carbocycles. The molecule has 0 saturated carbocycles. The van der Waals surface area contributed by atoms with Crippen molar-refractivity contribution in [3.63, 3.8) is 0 Å². The van der Waals surface area contributed by atoms with Crippen LogP contribution in [0.4, 0.5) is 15.8 Å². The van der Waals surface area contributed by atoms with Crippen molar-refractivity contribution in [3.05, 3.63) is 28.1 Å². The van der Waals surface area contributed by atoms with Crippen LogP contribution in [0.15, 0.2) is 12.1 Å². The SMILES string of the molecule is CCN(CC(C)C(=O)O)c1cc(OC)c(F)cc1[N+](=O)[O-]. The highest BCUT2D eigenvalue weighted by Crippen LogP contribution is 2.34. The molecule has 0 amide bonds. The van der Waals surface area contributed by atoms with Crippen LogP contribution < -0.4 is 9.64 Å². The molecule has 0 spiro atoms. The maximum Gasteiger partial charge on any atom is 0.308 e. The summed E-state index contributed by atoms with van der Waals surface area (Å²) in [6.07, 6.45) is 0. The normalized spacial score (nSPS) is 11.8. The molecule has 21 heavy (non-hydrogen) atoms. The van der Waals surface area contributed by atoms with Gasteiger partial charge in [-0.1, -0.05) is 6.92 Å². The van der Waals surface area contributed by atoms with E-state index in [0.717, 1.165) is 6.07 Å². The molecule has 0 radical (unpaired) electrons. The van der Waals surface area contributed by atoms with Crippen LogP contribution in [0.5, 0.6) is 5.75 Å². The molecule has 0 fully saturated rings. The minimum absolute atomic E-state index is 0.0709. The molecule has 1 aromatic rings. The molecule has 1 N–H and O–H groups in total. The number of anilines is 1. The summed E-state index contributed by atoms with van der Waals surface area (Å²) in [5.74, 6) is -2.70. The smallest absolute Gasteiger partial charge is 0.308 e. The number of nitro groups is 1. The summed E-state index contributed by atoms with van der Waals surface area (Å²) in [5.41, 5.74) is -0.290. The Morgan fingerprint density at radius 2 is 2.19 bits per heavy atom. The average molecular weight is 300 g/mol. The molecule has 1 atom stereocenters. The Balaban J connectivity index is 3.29. The summed E-state index contributed by atoms with van der Waals surface area (Å²) in [4.78, 5) is 22.8. The van der Waals surface area contributed by atoms with Gasteiger partial charge < -0.3 is 14.7 Å². The van der Waals surface area contributed by atoms with Crippen molar-refractivity contribution >= 4 is 17.3 Å². The van der Waals surface area contributed by atoms with E-state index in [1.165, 1.54) is 25.0 Å². The number of carboxylic acid groups (broad SMARTS) is 1. The highest BCUT2D eigenvalue weighted by molar-refractivity contribution is 5.72. The lowest BCUT2D eigenvalue weighted by atomic mass is 10.1. The van der Waals surface area contributed by atoms with Gasteiger partial charge in [0.2, 0.25) is 0 Å². The first kappa shape index (κ1) is 16.7. The number of rotatable bonds is 7. The van der Waals surface area contributed by atoms with Gasteiger partial charge in [-0.15, -0.1) is 0 Å². The fraction of sp³-hybridized carbons (Fsp3) is 0.462. The van der Waals surface area contributed by atoms with Gasteiger partial charge in [-0.05, 0) is 6.92 Å². The fourth-order valence-electron chi connectivity index (χ4n) is 1.89. The number of carbonyl (C=O) groups is 1. The number of methoxy groups -OCH3 is 1. The highest BCUT2D eigenvalue weighted by atomic mass is 19.1. The van der Waals surface area contributed by atoms with E-state index in [1.807, 2.05) is 0 Å². The Hall–Kier alpha value is -2.38. The number of nitro benzene ring substituents is 1. The van der Waals surface area contributed by atoms with E-state index < -0.39 is 28.3 Å². The van der Waals surface area contributed by atoms with E-state index in [0.29, 0.717) is 6.54 Å². The number of ether oxygens (including phenoxy) is 1. The van der Waals surface area contributed by atoms with Gasteiger partial charge in [0.15, 0.2) is 11.6 Å². The maximum atomic E-state index is 13.6. The Labute approximate surface area is 121 Å². The summed E-state index contributed by atoms with van der Waals surface area (Å²) in [6.45, 7) is 3.64. The third-order valence-corrected chi connectivity index (χ3v) is 3.08. The molecule has 0 heterocycles.